The number of aromatic amines is 1. The monoisotopic (exact) mass is 433 g/mol. The number of allylic oxidation sites excluding steroid dienone is 2. The zero-order chi connectivity index (χ0) is 22.3. The van der Waals surface area contributed by atoms with Crippen molar-refractivity contribution in [3.05, 3.63) is 65.4 Å². The molecule has 0 atom stereocenters. The molecule has 5 heteroatoms. The van der Waals surface area contributed by atoms with E-state index in [1.54, 1.807) is 0 Å². The smallest absolute Gasteiger partial charge is 0.0606 e. The van der Waals surface area contributed by atoms with Gasteiger partial charge < -0.3 is 25.8 Å². The predicted octanol–water partition coefficient (Wildman–Crippen LogP) is 4.89. The average molecular weight is 434 g/mol. The van der Waals surface area contributed by atoms with Gasteiger partial charge in [-0.05, 0) is 80.0 Å². The highest BCUT2D eigenvalue weighted by Gasteiger charge is 2.18. The second-order valence-electron chi connectivity index (χ2n) is 8.74. The van der Waals surface area contributed by atoms with Crippen LogP contribution in [0.5, 0.6) is 0 Å². The van der Waals surface area contributed by atoms with Gasteiger partial charge in [0.05, 0.1) is 6.61 Å². The van der Waals surface area contributed by atoms with Gasteiger partial charge in [-0.25, -0.2) is 0 Å². The molecule has 0 aliphatic heterocycles. The third kappa shape index (κ3) is 5.00. The van der Waals surface area contributed by atoms with E-state index >= 15 is 0 Å². The Bertz CT molecular complexity index is 1050. The first kappa shape index (κ1) is 22.4. The molecule has 170 valence electrons. The molecule has 1 heterocycles. The van der Waals surface area contributed by atoms with E-state index in [9.17, 15) is 5.11 Å². The van der Waals surface area contributed by atoms with Crippen molar-refractivity contribution in [1.82, 2.24) is 4.98 Å². The predicted molar refractivity (Wildman–Crippen MR) is 134 cm³/mol. The lowest BCUT2D eigenvalue weighted by Crippen LogP contribution is -2.28. The second-order valence-corrected chi connectivity index (χ2v) is 8.74. The lowest BCUT2D eigenvalue weighted by Gasteiger charge is -2.24. The summed E-state index contributed by atoms with van der Waals surface area (Å²) in [6.45, 7) is 1.59. The van der Waals surface area contributed by atoms with Crippen LogP contribution in [0, 0.1) is 0 Å². The Labute approximate surface area is 190 Å². The zero-order valence-corrected chi connectivity index (χ0v) is 18.8. The number of nitrogens with zero attached hydrogens (tertiary/aromatic N) is 1. The number of anilines is 2. The van der Waals surface area contributed by atoms with Crippen LogP contribution in [0.15, 0.2) is 54.2 Å². The maximum Gasteiger partial charge on any atom is 0.0606 e. The molecule has 2 aromatic carbocycles. The lowest BCUT2D eigenvalue weighted by atomic mass is 9.89. The molecule has 1 aliphatic carbocycles. The molecule has 0 unspecified atom stereocenters. The Morgan fingerprint density at radius 1 is 0.875 bits per heavy atom. The van der Waals surface area contributed by atoms with E-state index < -0.39 is 0 Å². The molecule has 5 N–H and O–H groups in total. The Kier molecular flexibility index (Phi) is 7.51. The van der Waals surface area contributed by atoms with Crippen LogP contribution in [0.1, 0.15) is 49.7 Å². The number of aliphatic hydroxyl groups excluding tert-OH is 2. The van der Waals surface area contributed by atoms with E-state index in [1.165, 1.54) is 46.9 Å². The third-order valence-corrected chi connectivity index (χ3v) is 6.58. The van der Waals surface area contributed by atoms with Crippen molar-refractivity contribution in [2.45, 2.75) is 44.9 Å². The molecular weight excluding hydrogens is 398 g/mol. The lowest BCUT2D eigenvalue weighted by molar-refractivity contribution is 0.281. The van der Waals surface area contributed by atoms with Gasteiger partial charge in [-0.15, -0.1) is 0 Å². The number of hydrogen-bond acceptors (Lipinski definition) is 4. The Hall–Kier alpha value is -2.76. The van der Waals surface area contributed by atoms with Crippen molar-refractivity contribution in [2.24, 2.45) is 0 Å². The van der Waals surface area contributed by atoms with Crippen LogP contribution in [0.4, 0.5) is 11.4 Å². The number of nitrogen functional groups attached to an aromatic ring is 1. The molecule has 0 radical (unpaired) electrons. The summed E-state index contributed by atoms with van der Waals surface area (Å²) >= 11 is 0. The summed E-state index contributed by atoms with van der Waals surface area (Å²) in [5.74, 6) is 0. The van der Waals surface area contributed by atoms with Crippen molar-refractivity contribution in [2.75, 3.05) is 36.9 Å². The molecule has 0 spiro atoms. The van der Waals surface area contributed by atoms with Crippen LogP contribution in [0.2, 0.25) is 0 Å². The summed E-state index contributed by atoms with van der Waals surface area (Å²) in [7, 11) is 0. The first-order chi connectivity index (χ1) is 15.7. The summed E-state index contributed by atoms with van der Waals surface area (Å²) in [5, 5.41) is 19.8. The molecule has 5 nitrogen and oxygen atoms in total. The van der Waals surface area contributed by atoms with E-state index in [1.807, 2.05) is 12.3 Å². The van der Waals surface area contributed by atoms with Crippen LogP contribution in [0.3, 0.4) is 0 Å². The maximum atomic E-state index is 9.39. The van der Waals surface area contributed by atoms with Gasteiger partial charge in [0.2, 0.25) is 0 Å². The minimum Gasteiger partial charge on any atom is -0.398 e. The van der Waals surface area contributed by atoms with Gasteiger partial charge in [-0.1, -0.05) is 24.1 Å². The normalized spacial score (nSPS) is 14.7. The topological polar surface area (TPSA) is 85.5 Å². The maximum absolute atomic E-state index is 9.39. The number of nitrogens with one attached hydrogen (secondary N) is 1. The van der Waals surface area contributed by atoms with Crippen molar-refractivity contribution in [3.63, 3.8) is 0 Å². The fourth-order valence-corrected chi connectivity index (χ4v) is 4.95. The number of aliphatic hydroxyl groups is 2. The van der Waals surface area contributed by atoms with E-state index in [0.717, 1.165) is 42.7 Å². The quantitative estimate of drug-likeness (QED) is 0.362. The first-order valence-electron chi connectivity index (χ1n) is 11.8. The van der Waals surface area contributed by atoms with Gasteiger partial charge in [0, 0.05) is 53.7 Å². The SMILES string of the molecule is Nc1ccc2[nH]ccc2c1C1=C(Cc2ccc(N(CCO)CCCO)cc2)CCCCC1. The van der Waals surface area contributed by atoms with Crippen LogP contribution >= 0.6 is 0 Å². The minimum atomic E-state index is 0.107. The number of rotatable bonds is 9. The van der Waals surface area contributed by atoms with Gasteiger partial charge in [0.15, 0.2) is 0 Å². The van der Waals surface area contributed by atoms with Crippen molar-refractivity contribution < 1.29 is 10.2 Å². The molecule has 1 aliphatic rings. The highest BCUT2D eigenvalue weighted by Crippen LogP contribution is 2.39. The summed E-state index contributed by atoms with van der Waals surface area (Å²) < 4.78 is 0. The number of aromatic nitrogens is 1. The fraction of sp³-hybridized carbons (Fsp3) is 0.407. The average Bonchev–Trinajstić information content (AvgIpc) is 3.17. The van der Waals surface area contributed by atoms with Crippen molar-refractivity contribution >= 4 is 27.9 Å². The number of benzene rings is 2. The van der Waals surface area contributed by atoms with Gasteiger partial charge in [-0.2, -0.15) is 0 Å². The van der Waals surface area contributed by atoms with Gasteiger partial charge in [0.25, 0.3) is 0 Å². The number of H-pyrrole nitrogens is 1. The summed E-state index contributed by atoms with van der Waals surface area (Å²) in [4.78, 5) is 5.46. The largest absolute Gasteiger partial charge is 0.398 e. The summed E-state index contributed by atoms with van der Waals surface area (Å²) in [6, 6.07) is 14.9. The molecule has 3 aromatic rings. The first-order valence-corrected chi connectivity index (χ1v) is 11.8. The molecule has 1 aromatic heterocycles. The van der Waals surface area contributed by atoms with Crippen LogP contribution in [-0.2, 0) is 6.42 Å². The zero-order valence-electron chi connectivity index (χ0n) is 18.8. The van der Waals surface area contributed by atoms with Crippen molar-refractivity contribution in [1.29, 1.82) is 0 Å². The highest BCUT2D eigenvalue weighted by molar-refractivity contribution is 5.98. The summed E-state index contributed by atoms with van der Waals surface area (Å²) in [5.41, 5.74) is 15.1. The minimum absolute atomic E-state index is 0.107. The van der Waals surface area contributed by atoms with Gasteiger partial charge in [-0.3, -0.25) is 0 Å². The van der Waals surface area contributed by atoms with E-state index in [-0.39, 0.29) is 13.2 Å². The molecule has 0 bridgehead atoms. The Morgan fingerprint density at radius 3 is 2.47 bits per heavy atom. The van der Waals surface area contributed by atoms with E-state index in [0.29, 0.717) is 13.0 Å². The second kappa shape index (κ2) is 10.7. The third-order valence-electron chi connectivity index (χ3n) is 6.58. The molecule has 32 heavy (non-hydrogen) atoms. The van der Waals surface area contributed by atoms with Gasteiger partial charge in [0.1, 0.15) is 0 Å². The molecule has 0 fully saturated rings. The van der Waals surface area contributed by atoms with Crippen molar-refractivity contribution in [3.8, 4) is 0 Å². The van der Waals surface area contributed by atoms with E-state index in [4.69, 9.17) is 10.8 Å². The van der Waals surface area contributed by atoms with Crippen LogP contribution < -0.4 is 10.6 Å². The van der Waals surface area contributed by atoms with Crippen LogP contribution in [-0.4, -0.2) is 41.5 Å². The van der Waals surface area contributed by atoms with Gasteiger partial charge >= 0.3 is 0 Å². The number of hydrogen-bond donors (Lipinski definition) is 4. The molecule has 4 rings (SSSR count). The Morgan fingerprint density at radius 2 is 1.69 bits per heavy atom. The Balaban J connectivity index is 1.64. The molecule has 0 saturated carbocycles. The number of fused-ring (bicyclic) bond motifs is 1. The summed E-state index contributed by atoms with van der Waals surface area (Å²) in [6.07, 6.45) is 9.52. The molecule has 0 amide bonds. The standard InChI is InChI=1S/C27H35N3O2/c28-25-11-12-26-24(13-14-29-26)27(25)23-6-3-1-2-5-21(23)19-20-7-9-22(10-8-20)30(16-18-32)15-4-17-31/h7-14,29,31-32H,1-6,15-19,28H2. The fourth-order valence-electron chi connectivity index (χ4n) is 4.95. The van der Waals surface area contributed by atoms with E-state index in [2.05, 4.69) is 46.3 Å². The highest BCUT2D eigenvalue weighted by atomic mass is 16.3. The van der Waals surface area contributed by atoms with Crippen LogP contribution in [0.25, 0.3) is 16.5 Å². The number of nitrogens with two attached hydrogens (primary N) is 1. The molecular formula is C27H35N3O2. The molecule has 0 saturated heterocycles.